The van der Waals surface area contributed by atoms with E-state index in [9.17, 15) is 13.2 Å². The highest BCUT2D eigenvalue weighted by molar-refractivity contribution is 7.89. The van der Waals surface area contributed by atoms with Crippen LogP contribution in [0.2, 0.25) is 0 Å². The third-order valence-corrected chi connectivity index (χ3v) is 8.58. The van der Waals surface area contributed by atoms with Crippen molar-refractivity contribution in [2.24, 2.45) is 11.8 Å². The van der Waals surface area contributed by atoms with E-state index in [1.54, 1.807) is 0 Å². The summed E-state index contributed by atoms with van der Waals surface area (Å²) in [7, 11) is -3.56. The molecule has 0 saturated carbocycles. The highest BCUT2D eigenvalue weighted by Gasteiger charge is 2.34. The maximum atomic E-state index is 13.3. The van der Waals surface area contributed by atoms with Crippen LogP contribution in [0.25, 0.3) is 0 Å². The molecule has 0 aromatic heterocycles. The lowest BCUT2D eigenvalue weighted by Gasteiger charge is -2.34. The van der Waals surface area contributed by atoms with E-state index in [-0.39, 0.29) is 17.9 Å². The minimum atomic E-state index is -3.56. The molecule has 8 heteroatoms. The van der Waals surface area contributed by atoms with Crippen LogP contribution < -0.4 is 5.32 Å². The number of amides is 1. The van der Waals surface area contributed by atoms with Gasteiger partial charge in [-0.15, -0.1) is 0 Å². The van der Waals surface area contributed by atoms with Gasteiger partial charge in [-0.3, -0.25) is 9.69 Å². The van der Waals surface area contributed by atoms with Gasteiger partial charge in [0.1, 0.15) is 0 Å². The maximum Gasteiger partial charge on any atom is 0.243 e. The van der Waals surface area contributed by atoms with Crippen LogP contribution in [-0.4, -0.2) is 75.5 Å². The maximum absolute atomic E-state index is 13.3. The minimum Gasteiger partial charge on any atom is -0.374 e. The Kier molecular flexibility index (Phi) is 8.36. The van der Waals surface area contributed by atoms with Crippen LogP contribution in [0, 0.1) is 32.6 Å². The zero-order valence-corrected chi connectivity index (χ0v) is 21.0. The Bertz CT molecular complexity index is 885. The molecule has 2 aliphatic heterocycles. The predicted octanol–water partition coefficient (Wildman–Crippen LogP) is 2.49. The van der Waals surface area contributed by atoms with Crippen LogP contribution in [0.1, 0.15) is 43.4 Å². The Balaban J connectivity index is 1.51. The second kappa shape index (κ2) is 10.6. The molecular formula is C24H39N3O4S. The van der Waals surface area contributed by atoms with Crippen LogP contribution >= 0.6 is 0 Å². The van der Waals surface area contributed by atoms with Crippen molar-refractivity contribution in [3.05, 3.63) is 28.8 Å². The summed E-state index contributed by atoms with van der Waals surface area (Å²) in [5.41, 5.74) is 2.62. The monoisotopic (exact) mass is 465 g/mol. The van der Waals surface area contributed by atoms with Crippen LogP contribution in [-0.2, 0) is 19.6 Å². The van der Waals surface area contributed by atoms with E-state index in [0.29, 0.717) is 49.9 Å². The number of nitrogens with zero attached hydrogens (tertiary/aromatic N) is 2. The summed E-state index contributed by atoms with van der Waals surface area (Å²) in [6.45, 7) is 14.9. The SMILES string of the molecule is Cc1cc(C)c(S(=O)(=O)N2CCC(C(=O)NC[C@H]3CN(CC(C)C)CCO3)CC2)c(C)c1. The number of hydrogen-bond acceptors (Lipinski definition) is 5. The standard InChI is InChI=1S/C24H39N3O4S/c1-17(2)15-26-10-11-31-22(16-26)14-25-24(28)21-6-8-27(9-7-21)32(29,30)23-19(4)12-18(3)13-20(23)5/h12-13,17,21-22H,6-11,14-16H2,1-5H3,(H,25,28)/t22-/m0/s1. The largest absolute Gasteiger partial charge is 0.374 e. The van der Waals surface area contributed by atoms with Gasteiger partial charge in [-0.05, 0) is 50.7 Å². The van der Waals surface area contributed by atoms with Crippen molar-refractivity contribution >= 4 is 15.9 Å². The number of nitrogens with one attached hydrogen (secondary N) is 1. The van der Waals surface area contributed by atoms with E-state index in [4.69, 9.17) is 4.74 Å². The molecule has 7 nitrogen and oxygen atoms in total. The molecule has 0 aliphatic carbocycles. The molecule has 1 atom stereocenters. The first-order valence-electron chi connectivity index (χ1n) is 11.8. The Morgan fingerprint density at radius 2 is 1.75 bits per heavy atom. The van der Waals surface area contributed by atoms with Gasteiger partial charge in [-0.1, -0.05) is 31.5 Å². The molecule has 1 aromatic carbocycles. The number of hydrogen-bond donors (Lipinski definition) is 1. The summed E-state index contributed by atoms with van der Waals surface area (Å²) in [5.74, 6) is 0.462. The zero-order valence-electron chi connectivity index (χ0n) is 20.2. The van der Waals surface area contributed by atoms with Gasteiger partial charge < -0.3 is 10.1 Å². The van der Waals surface area contributed by atoms with Crippen molar-refractivity contribution in [1.82, 2.24) is 14.5 Å². The molecule has 1 aromatic rings. The fourth-order valence-corrected chi connectivity index (χ4v) is 6.89. The number of morpholine rings is 1. The summed E-state index contributed by atoms with van der Waals surface area (Å²) in [5, 5.41) is 3.05. The lowest BCUT2D eigenvalue weighted by molar-refractivity contribution is -0.127. The fourth-order valence-electron chi connectivity index (χ4n) is 5.01. The minimum absolute atomic E-state index is 0.00864. The summed E-state index contributed by atoms with van der Waals surface area (Å²) in [4.78, 5) is 15.5. The highest BCUT2D eigenvalue weighted by Crippen LogP contribution is 2.28. The van der Waals surface area contributed by atoms with Crippen molar-refractivity contribution in [2.45, 2.75) is 58.5 Å². The van der Waals surface area contributed by atoms with Gasteiger partial charge in [-0.2, -0.15) is 4.31 Å². The highest BCUT2D eigenvalue weighted by atomic mass is 32.2. The van der Waals surface area contributed by atoms with Crippen LogP contribution in [0.4, 0.5) is 0 Å². The van der Waals surface area contributed by atoms with Crippen LogP contribution in [0.15, 0.2) is 17.0 Å². The summed E-state index contributed by atoms with van der Waals surface area (Å²) in [6.07, 6.45) is 1.10. The van der Waals surface area contributed by atoms with Gasteiger partial charge in [0.2, 0.25) is 15.9 Å². The summed E-state index contributed by atoms with van der Waals surface area (Å²) in [6, 6.07) is 3.82. The van der Waals surface area contributed by atoms with Crippen LogP contribution in [0.3, 0.4) is 0 Å². The fraction of sp³-hybridized carbons (Fsp3) is 0.708. The van der Waals surface area contributed by atoms with Crippen molar-refractivity contribution < 1.29 is 17.9 Å². The molecule has 0 spiro atoms. The number of benzene rings is 1. The third-order valence-electron chi connectivity index (χ3n) is 6.38. The van der Waals surface area contributed by atoms with E-state index in [0.717, 1.165) is 36.3 Å². The normalized spacial score (nSPS) is 21.8. The first-order chi connectivity index (χ1) is 15.1. The Labute approximate surface area is 193 Å². The number of aryl methyl sites for hydroxylation is 3. The van der Waals surface area contributed by atoms with Crippen molar-refractivity contribution in [2.75, 3.05) is 45.9 Å². The number of sulfonamides is 1. The molecule has 0 bridgehead atoms. The number of ether oxygens (including phenoxy) is 1. The van der Waals surface area contributed by atoms with Gasteiger partial charge in [0.25, 0.3) is 0 Å². The average Bonchev–Trinajstić information content (AvgIpc) is 2.71. The summed E-state index contributed by atoms with van der Waals surface area (Å²) < 4.78 is 33.9. The van der Waals surface area contributed by atoms with E-state index in [1.165, 1.54) is 4.31 Å². The van der Waals surface area contributed by atoms with Gasteiger partial charge in [0, 0.05) is 45.2 Å². The Morgan fingerprint density at radius 3 is 2.34 bits per heavy atom. The number of carbonyl (C=O) groups is 1. The third kappa shape index (κ3) is 6.10. The van der Waals surface area contributed by atoms with Gasteiger partial charge in [0.15, 0.2) is 0 Å². The van der Waals surface area contributed by atoms with E-state index >= 15 is 0 Å². The molecule has 2 heterocycles. The molecule has 2 aliphatic rings. The molecule has 2 saturated heterocycles. The molecular weight excluding hydrogens is 426 g/mol. The first kappa shape index (κ1) is 25.1. The number of piperidine rings is 1. The van der Waals surface area contributed by atoms with Gasteiger partial charge in [-0.25, -0.2) is 8.42 Å². The second-order valence-electron chi connectivity index (χ2n) is 9.80. The van der Waals surface area contributed by atoms with Gasteiger partial charge >= 0.3 is 0 Å². The van der Waals surface area contributed by atoms with Crippen LogP contribution in [0.5, 0.6) is 0 Å². The van der Waals surface area contributed by atoms with E-state index in [1.807, 2.05) is 32.9 Å². The van der Waals surface area contributed by atoms with Crippen molar-refractivity contribution in [3.8, 4) is 0 Å². The van der Waals surface area contributed by atoms with E-state index < -0.39 is 10.0 Å². The quantitative estimate of drug-likeness (QED) is 0.669. The predicted molar refractivity (Wildman–Crippen MR) is 126 cm³/mol. The molecule has 0 radical (unpaired) electrons. The first-order valence-corrected chi connectivity index (χ1v) is 13.2. The Hall–Kier alpha value is -1.48. The number of rotatable bonds is 7. The lowest BCUT2D eigenvalue weighted by Crippen LogP contribution is -2.50. The lowest BCUT2D eigenvalue weighted by atomic mass is 9.97. The molecule has 180 valence electrons. The summed E-state index contributed by atoms with van der Waals surface area (Å²) >= 11 is 0. The van der Waals surface area contributed by atoms with Crippen molar-refractivity contribution in [3.63, 3.8) is 0 Å². The van der Waals surface area contributed by atoms with Crippen molar-refractivity contribution in [1.29, 1.82) is 0 Å². The van der Waals surface area contributed by atoms with E-state index in [2.05, 4.69) is 24.1 Å². The molecule has 32 heavy (non-hydrogen) atoms. The zero-order chi connectivity index (χ0) is 23.5. The smallest absolute Gasteiger partial charge is 0.243 e. The molecule has 1 amide bonds. The molecule has 1 N–H and O–H groups in total. The molecule has 0 unspecified atom stereocenters. The van der Waals surface area contributed by atoms with Gasteiger partial charge in [0.05, 0.1) is 17.6 Å². The molecule has 3 rings (SSSR count). The second-order valence-corrected chi connectivity index (χ2v) is 11.7. The average molecular weight is 466 g/mol. The Morgan fingerprint density at radius 1 is 1.12 bits per heavy atom. The topological polar surface area (TPSA) is 79.0 Å². The molecule has 2 fully saturated rings. The number of carbonyl (C=O) groups excluding carboxylic acids is 1.